The maximum atomic E-state index is 10.9. The molecule has 2 N–H and O–H groups in total. The van der Waals surface area contributed by atoms with Gasteiger partial charge in [0.15, 0.2) is 0 Å². The third-order valence-corrected chi connectivity index (χ3v) is 3.84. The first-order valence-corrected chi connectivity index (χ1v) is 6.94. The van der Waals surface area contributed by atoms with Gasteiger partial charge in [0.2, 0.25) is 0 Å². The van der Waals surface area contributed by atoms with Gasteiger partial charge in [0, 0.05) is 4.88 Å². The minimum absolute atomic E-state index is 0.306. The lowest BCUT2D eigenvalue weighted by Crippen LogP contribution is -2.08. The van der Waals surface area contributed by atoms with Gasteiger partial charge in [0.1, 0.15) is 0 Å². The highest BCUT2D eigenvalue weighted by molar-refractivity contribution is 7.14. The lowest BCUT2D eigenvalue weighted by molar-refractivity contribution is 0.100. The normalized spacial score (nSPS) is 10.6. The number of aryl methyl sites for hydroxylation is 1. The average molecular weight is 239 g/mol. The molecule has 0 fully saturated rings. The summed E-state index contributed by atoms with van der Waals surface area (Å²) in [4.78, 5) is 12.9. The first-order chi connectivity index (χ1) is 7.74. The molecule has 0 bridgehead atoms. The predicted molar refractivity (Wildman–Crippen MR) is 69.9 cm³/mol. The highest BCUT2D eigenvalue weighted by Crippen LogP contribution is 2.18. The van der Waals surface area contributed by atoms with Crippen LogP contribution in [0.25, 0.3) is 0 Å². The van der Waals surface area contributed by atoms with Crippen molar-refractivity contribution in [2.75, 3.05) is 0 Å². The summed E-state index contributed by atoms with van der Waals surface area (Å²) in [5.41, 5.74) is 5.21. The van der Waals surface area contributed by atoms with Crippen LogP contribution in [0.1, 0.15) is 60.0 Å². The van der Waals surface area contributed by atoms with Crippen LogP contribution >= 0.6 is 11.3 Å². The molecule has 0 aliphatic carbocycles. The molecule has 1 aromatic rings. The average Bonchev–Trinajstić information content (AvgIpc) is 2.72. The number of unbranched alkanes of at least 4 members (excludes halogenated alkanes) is 5. The van der Waals surface area contributed by atoms with E-state index in [4.69, 9.17) is 5.73 Å². The van der Waals surface area contributed by atoms with E-state index in [9.17, 15) is 4.79 Å². The fraction of sp³-hybridized carbons (Fsp3) is 0.615. The number of hydrogen-bond acceptors (Lipinski definition) is 2. The van der Waals surface area contributed by atoms with Crippen LogP contribution in [0, 0.1) is 0 Å². The van der Waals surface area contributed by atoms with Gasteiger partial charge in [-0.2, -0.15) is 0 Å². The van der Waals surface area contributed by atoms with Crippen LogP contribution in [0.15, 0.2) is 12.1 Å². The first kappa shape index (κ1) is 13.2. The van der Waals surface area contributed by atoms with Crippen LogP contribution in [-0.2, 0) is 6.42 Å². The minimum atomic E-state index is -0.306. The zero-order valence-electron chi connectivity index (χ0n) is 10.00. The summed E-state index contributed by atoms with van der Waals surface area (Å²) in [6, 6.07) is 3.86. The van der Waals surface area contributed by atoms with Gasteiger partial charge in [0.25, 0.3) is 5.91 Å². The summed E-state index contributed by atoms with van der Waals surface area (Å²) in [6.45, 7) is 2.23. The Balaban J connectivity index is 2.14. The van der Waals surface area contributed by atoms with Crippen molar-refractivity contribution in [3.8, 4) is 0 Å². The lowest BCUT2D eigenvalue weighted by Gasteiger charge is -1.99. The van der Waals surface area contributed by atoms with Crippen molar-refractivity contribution < 1.29 is 4.79 Å². The molecule has 0 atom stereocenters. The number of carbonyl (C=O) groups is 1. The van der Waals surface area contributed by atoms with E-state index in [0.29, 0.717) is 4.88 Å². The molecule has 0 saturated carbocycles. The van der Waals surface area contributed by atoms with E-state index in [1.807, 2.05) is 12.1 Å². The molecule has 1 heterocycles. The fourth-order valence-electron chi connectivity index (χ4n) is 1.72. The molecule has 2 nitrogen and oxygen atoms in total. The van der Waals surface area contributed by atoms with E-state index in [1.165, 1.54) is 54.7 Å². The van der Waals surface area contributed by atoms with Crippen LogP contribution in [-0.4, -0.2) is 5.91 Å². The molecule has 0 aliphatic heterocycles. The van der Waals surface area contributed by atoms with Gasteiger partial charge in [0.05, 0.1) is 4.88 Å². The quantitative estimate of drug-likeness (QED) is 0.690. The minimum Gasteiger partial charge on any atom is -0.365 e. The Bertz CT molecular complexity index is 319. The molecule has 1 aromatic heterocycles. The maximum absolute atomic E-state index is 10.9. The van der Waals surface area contributed by atoms with Gasteiger partial charge in [-0.3, -0.25) is 4.79 Å². The van der Waals surface area contributed by atoms with Gasteiger partial charge in [-0.05, 0) is 25.0 Å². The summed E-state index contributed by atoms with van der Waals surface area (Å²) in [6.07, 6.45) is 8.95. The standard InChI is InChI=1S/C13H21NOS/c1-2-3-4-5-6-7-8-11-9-10-12(16-11)13(14)15/h9-10H,2-8H2,1H3,(H2,14,15). The van der Waals surface area contributed by atoms with E-state index in [1.54, 1.807) is 0 Å². The van der Waals surface area contributed by atoms with Gasteiger partial charge < -0.3 is 5.73 Å². The van der Waals surface area contributed by atoms with Crippen molar-refractivity contribution in [2.24, 2.45) is 5.73 Å². The molecule has 16 heavy (non-hydrogen) atoms. The Morgan fingerprint density at radius 1 is 1.19 bits per heavy atom. The maximum Gasteiger partial charge on any atom is 0.258 e. The molecule has 0 spiro atoms. The van der Waals surface area contributed by atoms with E-state index in [0.717, 1.165) is 6.42 Å². The number of rotatable bonds is 8. The van der Waals surface area contributed by atoms with Gasteiger partial charge in [-0.25, -0.2) is 0 Å². The largest absolute Gasteiger partial charge is 0.365 e. The van der Waals surface area contributed by atoms with Crippen molar-refractivity contribution in [1.82, 2.24) is 0 Å². The summed E-state index contributed by atoms with van der Waals surface area (Å²) in [5, 5.41) is 0. The number of nitrogens with two attached hydrogens (primary N) is 1. The van der Waals surface area contributed by atoms with Gasteiger partial charge >= 0.3 is 0 Å². The Labute approximate surface area is 102 Å². The number of hydrogen-bond donors (Lipinski definition) is 1. The Kier molecular flexibility index (Phi) is 6.16. The van der Waals surface area contributed by atoms with Crippen molar-refractivity contribution in [3.63, 3.8) is 0 Å². The van der Waals surface area contributed by atoms with Crippen LogP contribution < -0.4 is 5.73 Å². The van der Waals surface area contributed by atoms with Crippen LogP contribution in [0.2, 0.25) is 0 Å². The predicted octanol–water partition coefficient (Wildman–Crippen LogP) is 3.75. The van der Waals surface area contributed by atoms with Crippen LogP contribution in [0.3, 0.4) is 0 Å². The van der Waals surface area contributed by atoms with Crippen molar-refractivity contribution in [1.29, 1.82) is 0 Å². The number of thiophene rings is 1. The topological polar surface area (TPSA) is 43.1 Å². The highest BCUT2D eigenvalue weighted by atomic mass is 32.1. The molecule has 0 radical (unpaired) electrons. The van der Waals surface area contributed by atoms with Crippen molar-refractivity contribution in [3.05, 3.63) is 21.9 Å². The Morgan fingerprint density at radius 3 is 2.50 bits per heavy atom. The molecule has 1 amide bonds. The second-order valence-electron chi connectivity index (χ2n) is 4.15. The van der Waals surface area contributed by atoms with Gasteiger partial charge in [-0.1, -0.05) is 39.0 Å². The monoisotopic (exact) mass is 239 g/mol. The zero-order valence-corrected chi connectivity index (χ0v) is 10.8. The van der Waals surface area contributed by atoms with E-state index in [2.05, 4.69) is 6.92 Å². The Hall–Kier alpha value is -0.830. The molecular weight excluding hydrogens is 218 g/mol. The fourth-order valence-corrected chi connectivity index (χ4v) is 2.63. The summed E-state index contributed by atoms with van der Waals surface area (Å²) in [7, 11) is 0. The molecule has 0 unspecified atom stereocenters. The lowest BCUT2D eigenvalue weighted by atomic mass is 10.1. The van der Waals surface area contributed by atoms with E-state index < -0.39 is 0 Å². The van der Waals surface area contributed by atoms with Gasteiger partial charge in [-0.15, -0.1) is 11.3 Å². The molecular formula is C13H21NOS. The molecule has 3 heteroatoms. The highest BCUT2D eigenvalue weighted by Gasteiger charge is 2.04. The third kappa shape index (κ3) is 4.79. The summed E-state index contributed by atoms with van der Waals surface area (Å²) in [5.74, 6) is -0.306. The summed E-state index contributed by atoms with van der Waals surface area (Å²) < 4.78 is 0. The Morgan fingerprint density at radius 2 is 1.88 bits per heavy atom. The van der Waals surface area contributed by atoms with Crippen LogP contribution in [0.5, 0.6) is 0 Å². The molecule has 90 valence electrons. The SMILES string of the molecule is CCCCCCCCc1ccc(C(N)=O)s1. The summed E-state index contributed by atoms with van der Waals surface area (Å²) >= 11 is 1.53. The second-order valence-corrected chi connectivity index (χ2v) is 5.32. The van der Waals surface area contributed by atoms with Crippen molar-refractivity contribution >= 4 is 17.2 Å². The number of primary amides is 1. The van der Waals surface area contributed by atoms with Crippen molar-refractivity contribution in [2.45, 2.75) is 51.9 Å². The smallest absolute Gasteiger partial charge is 0.258 e. The first-order valence-electron chi connectivity index (χ1n) is 6.12. The number of carbonyl (C=O) groups excluding carboxylic acids is 1. The third-order valence-electron chi connectivity index (χ3n) is 2.68. The second kappa shape index (κ2) is 7.44. The molecule has 0 aliphatic rings. The molecule has 0 aromatic carbocycles. The molecule has 1 rings (SSSR count). The van der Waals surface area contributed by atoms with E-state index >= 15 is 0 Å². The number of amides is 1. The zero-order chi connectivity index (χ0) is 11.8. The molecule has 0 saturated heterocycles. The van der Waals surface area contributed by atoms with Crippen LogP contribution in [0.4, 0.5) is 0 Å². The van der Waals surface area contributed by atoms with E-state index in [-0.39, 0.29) is 5.91 Å².